The molecular formula is C14H24N2. The van der Waals surface area contributed by atoms with Gasteiger partial charge in [-0.2, -0.15) is 0 Å². The average Bonchev–Trinajstić information content (AvgIpc) is 2.31. The van der Waals surface area contributed by atoms with Crippen LogP contribution in [-0.4, -0.2) is 38.6 Å². The molecule has 0 saturated heterocycles. The molecule has 0 heterocycles. The van der Waals surface area contributed by atoms with Crippen molar-refractivity contribution in [3.63, 3.8) is 0 Å². The largest absolute Gasteiger partial charge is 0.320 e. The number of hydrogen-bond donors (Lipinski definition) is 1. The lowest BCUT2D eigenvalue weighted by atomic mass is 10.1. The van der Waals surface area contributed by atoms with Crippen molar-refractivity contribution < 1.29 is 0 Å². The number of rotatable bonds is 8. The van der Waals surface area contributed by atoms with Gasteiger partial charge in [-0.15, -0.1) is 0 Å². The number of benzene rings is 1. The van der Waals surface area contributed by atoms with Crippen molar-refractivity contribution >= 4 is 0 Å². The van der Waals surface area contributed by atoms with Crippen molar-refractivity contribution in [2.24, 2.45) is 0 Å². The molecule has 0 bridgehead atoms. The van der Waals surface area contributed by atoms with E-state index in [0.29, 0.717) is 0 Å². The van der Waals surface area contributed by atoms with Gasteiger partial charge in [-0.3, -0.25) is 0 Å². The molecule has 0 aliphatic rings. The van der Waals surface area contributed by atoms with Crippen LogP contribution in [0.25, 0.3) is 0 Å². The minimum Gasteiger partial charge on any atom is -0.320 e. The second-order valence-electron chi connectivity index (χ2n) is 4.35. The zero-order valence-electron chi connectivity index (χ0n) is 10.6. The molecule has 0 radical (unpaired) electrons. The topological polar surface area (TPSA) is 15.3 Å². The Morgan fingerprint density at radius 1 is 1.06 bits per heavy atom. The molecule has 0 spiro atoms. The first-order valence-electron chi connectivity index (χ1n) is 6.20. The number of nitrogens with one attached hydrogen (secondary N) is 1. The summed E-state index contributed by atoms with van der Waals surface area (Å²) in [5.41, 5.74) is 1.45. The summed E-state index contributed by atoms with van der Waals surface area (Å²) in [6, 6.07) is 10.7. The van der Waals surface area contributed by atoms with Gasteiger partial charge in [-0.05, 0) is 58.6 Å². The monoisotopic (exact) mass is 220 g/mol. The summed E-state index contributed by atoms with van der Waals surface area (Å²) in [5, 5.41) is 3.18. The molecule has 0 fully saturated rings. The summed E-state index contributed by atoms with van der Waals surface area (Å²) in [6.07, 6.45) is 3.68. The molecule has 2 heteroatoms. The van der Waals surface area contributed by atoms with E-state index in [2.05, 4.69) is 47.6 Å². The highest BCUT2D eigenvalue weighted by Crippen LogP contribution is 2.03. The second-order valence-corrected chi connectivity index (χ2v) is 4.35. The van der Waals surface area contributed by atoms with Crippen molar-refractivity contribution in [1.29, 1.82) is 0 Å². The molecule has 1 aromatic rings. The third-order valence-electron chi connectivity index (χ3n) is 2.81. The van der Waals surface area contributed by atoms with Crippen LogP contribution in [0.4, 0.5) is 0 Å². The Labute approximate surface area is 99.7 Å². The van der Waals surface area contributed by atoms with Crippen molar-refractivity contribution in [1.82, 2.24) is 10.2 Å². The predicted octanol–water partition coefficient (Wildman–Crippen LogP) is 2.16. The van der Waals surface area contributed by atoms with Gasteiger partial charge in [0.2, 0.25) is 0 Å². The summed E-state index contributed by atoms with van der Waals surface area (Å²) in [7, 11) is 4.22. The highest BCUT2D eigenvalue weighted by atomic mass is 15.1. The highest BCUT2D eigenvalue weighted by Gasteiger charge is 1.98. The lowest BCUT2D eigenvalue weighted by Crippen LogP contribution is -2.24. The zero-order chi connectivity index (χ0) is 11.6. The Morgan fingerprint density at radius 3 is 2.44 bits per heavy atom. The predicted molar refractivity (Wildman–Crippen MR) is 70.8 cm³/mol. The molecule has 0 unspecified atom stereocenters. The first-order chi connectivity index (χ1) is 7.83. The minimum absolute atomic E-state index is 1.11. The van der Waals surface area contributed by atoms with Gasteiger partial charge in [0.05, 0.1) is 0 Å². The van der Waals surface area contributed by atoms with Gasteiger partial charge in [0.25, 0.3) is 0 Å². The first-order valence-corrected chi connectivity index (χ1v) is 6.20. The van der Waals surface area contributed by atoms with Crippen LogP contribution in [0.15, 0.2) is 30.3 Å². The quantitative estimate of drug-likeness (QED) is 0.675. The summed E-state index contributed by atoms with van der Waals surface area (Å²) in [5.74, 6) is 0. The molecule has 1 rings (SSSR count). The maximum Gasteiger partial charge on any atom is -0.000969 e. The molecule has 0 aliphatic carbocycles. The third kappa shape index (κ3) is 5.89. The van der Waals surface area contributed by atoms with E-state index in [9.17, 15) is 0 Å². The molecule has 0 aliphatic heterocycles. The van der Waals surface area contributed by atoms with Crippen molar-refractivity contribution in [2.45, 2.75) is 19.3 Å². The van der Waals surface area contributed by atoms with Crippen LogP contribution in [0.3, 0.4) is 0 Å². The summed E-state index contributed by atoms with van der Waals surface area (Å²) < 4.78 is 0. The van der Waals surface area contributed by atoms with Gasteiger partial charge < -0.3 is 10.2 Å². The van der Waals surface area contributed by atoms with Crippen LogP contribution in [0.1, 0.15) is 18.4 Å². The average molecular weight is 220 g/mol. The molecule has 1 aromatic carbocycles. The van der Waals surface area contributed by atoms with Gasteiger partial charge >= 0.3 is 0 Å². The molecule has 16 heavy (non-hydrogen) atoms. The fourth-order valence-corrected chi connectivity index (χ4v) is 1.84. The summed E-state index contributed by atoms with van der Waals surface area (Å²) >= 11 is 0. The summed E-state index contributed by atoms with van der Waals surface area (Å²) in [6.45, 7) is 3.50. The maximum atomic E-state index is 3.18. The molecule has 0 atom stereocenters. The van der Waals surface area contributed by atoms with Gasteiger partial charge in [0.1, 0.15) is 0 Å². The normalized spacial score (nSPS) is 10.9. The number of hydrogen-bond acceptors (Lipinski definition) is 2. The summed E-state index contributed by atoms with van der Waals surface area (Å²) in [4.78, 5) is 2.42. The van der Waals surface area contributed by atoms with Crippen LogP contribution in [0, 0.1) is 0 Å². The first kappa shape index (κ1) is 13.2. The Bertz CT molecular complexity index is 259. The molecule has 90 valence electrons. The smallest absolute Gasteiger partial charge is 0.000969 e. The fourth-order valence-electron chi connectivity index (χ4n) is 1.84. The van der Waals surface area contributed by atoms with Gasteiger partial charge in [-0.25, -0.2) is 0 Å². The van der Waals surface area contributed by atoms with Gasteiger partial charge in [0, 0.05) is 0 Å². The van der Waals surface area contributed by atoms with Crippen LogP contribution in [0.5, 0.6) is 0 Å². The lowest BCUT2D eigenvalue weighted by molar-refractivity contribution is 0.324. The van der Waals surface area contributed by atoms with E-state index < -0.39 is 0 Å². The van der Waals surface area contributed by atoms with Crippen molar-refractivity contribution in [3.8, 4) is 0 Å². The number of nitrogens with zero attached hydrogens (tertiary/aromatic N) is 1. The van der Waals surface area contributed by atoms with Crippen molar-refractivity contribution in [2.75, 3.05) is 33.7 Å². The Hall–Kier alpha value is -0.860. The van der Waals surface area contributed by atoms with E-state index in [1.54, 1.807) is 0 Å². The van der Waals surface area contributed by atoms with Gasteiger partial charge in [0.15, 0.2) is 0 Å². The van der Waals surface area contributed by atoms with Crippen molar-refractivity contribution in [3.05, 3.63) is 35.9 Å². The third-order valence-corrected chi connectivity index (χ3v) is 2.81. The molecule has 0 saturated carbocycles. The molecule has 2 nitrogen and oxygen atoms in total. The SMILES string of the molecule is CNCCCN(C)CCCc1ccccc1. The lowest BCUT2D eigenvalue weighted by Gasteiger charge is -2.16. The van der Waals surface area contributed by atoms with Crippen LogP contribution in [-0.2, 0) is 6.42 Å². The number of aryl methyl sites for hydroxylation is 1. The van der Waals surface area contributed by atoms with E-state index in [4.69, 9.17) is 0 Å². The Kier molecular flexibility index (Phi) is 6.86. The van der Waals surface area contributed by atoms with Crippen LogP contribution in [0.2, 0.25) is 0 Å². The molecule has 1 N–H and O–H groups in total. The van der Waals surface area contributed by atoms with Crippen LogP contribution >= 0.6 is 0 Å². The maximum absolute atomic E-state index is 3.18. The standard InChI is InChI=1S/C14H24N2/c1-15-11-7-13-16(2)12-6-10-14-8-4-3-5-9-14/h3-5,8-9,15H,6-7,10-13H2,1-2H3. The Morgan fingerprint density at radius 2 is 1.75 bits per heavy atom. The van der Waals surface area contributed by atoms with E-state index in [0.717, 1.165) is 6.54 Å². The van der Waals surface area contributed by atoms with E-state index in [1.165, 1.54) is 37.9 Å². The molecule has 0 aromatic heterocycles. The van der Waals surface area contributed by atoms with E-state index in [-0.39, 0.29) is 0 Å². The van der Waals surface area contributed by atoms with Crippen LogP contribution < -0.4 is 5.32 Å². The second kappa shape index (κ2) is 8.31. The fraction of sp³-hybridized carbons (Fsp3) is 0.571. The Balaban J connectivity index is 2.06. The minimum atomic E-state index is 1.11. The van der Waals surface area contributed by atoms with Gasteiger partial charge in [-0.1, -0.05) is 30.3 Å². The molecule has 0 amide bonds. The van der Waals surface area contributed by atoms with E-state index in [1.807, 2.05) is 7.05 Å². The highest BCUT2D eigenvalue weighted by molar-refractivity contribution is 5.14. The molecular weight excluding hydrogens is 196 g/mol. The zero-order valence-corrected chi connectivity index (χ0v) is 10.6. The van der Waals surface area contributed by atoms with E-state index >= 15 is 0 Å².